The average molecular weight is 447 g/mol. The van der Waals surface area contributed by atoms with Gasteiger partial charge < -0.3 is 20.7 Å². The molecule has 0 fully saturated rings. The first-order valence-electron chi connectivity index (χ1n) is 10.4. The van der Waals surface area contributed by atoms with Gasteiger partial charge in [-0.1, -0.05) is 0 Å². The molecule has 0 aliphatic carbocycles. The second-order valence-electron chi connectivity index (χ2n) is 8.65. The zero-order valence-electron chi connectivity index (χ0n) is 19.0. The first-order chi connectivity index (χ1) is 14.9. The van der Waals surface area contributed by atoms with E-state index >= 15 is 0 Å². The molecule has 0 saturated heterocycles. The summed E-state index contributed by atoms with van der Waals surface area (Å²) >= 11 is 0. The fourth-order valence-corrected chi connectivity index (χ4v) is 3.02. The van der Waals surface area contributed by atoms with Gasteiger partial charge in [0.1, 0.15) is 5.60 Å². The number of hydrogen-bond donors (Lipinski definition) is 3. The van der Waals surface area contributed by atoms with Gasteiger partial charge in [0.05, 0.1) is 17.7 Å². The van der Waals surface area contributed by atoms with E-state index in [-0.39, 0.29) is 41.4 Å². The van der Waals surface area contributed by atoms with Gasteiger partial charge in [0.2, 0.25) is 5.91 Å². The molecule has 174 valence electrons. The number of carbonyl (C=O) groups is 5. The van der Waals surface area contributed by atoms with Crippen molar-refractivity contribution in [3.63, 3.8) is 0 Å². The van der Waals surface area contributed by atoms with Crippen LogP contribution >= 0.6 is 0 Å². The summed E-state index contributed by atoms with van der Waals surface area (Å²) in [5.74, 6) is -1.52. The van der Waals surface area contributed by atoms with Gasteiger partial charge >= 0.3 is 6.09 Å². The number of imide groups is 1. The normalized spacial score (nSPS) is 13.1. The summed E-state index contributed by atoms with van der Waals surface area (Å²) < 4.78 is 5.04. The molecule has 0 aromatic heterocycles. The van der Waals surface area contributed by atoms with Crippen LogP contribution in [-0.4, -0.2) is 65.9 Å². The summed E-state index contributed by atoms with van der Waals surface area (Å²) in [5.41, 5.74) is 0.152. The average Bonchev–Trinajstić information content (AvgIpc) is 2.94. The highest BCUT2D eigenvalue weighted by molar-refractivity contribution is 6.22. The van der Waals surface area contributed by atoms with E-state index in [1.165, 1.54) is 23.1 Å². The quantitative estimate of drug-likeness (QED) is 0.409. The van der Waals surface area contributed by atoms with Crippen molar-refractivity contribution in [1.29, 1.82) is 0 Å². The van der Waals surface area contributed by atoms with Gasteiger partial charge in [0.25, 0.3) is 17.7 Å². The number of benzene rings is 1. The van der Waals surface area contributed by atoms with Gasteiger partial charge in [-0.2, -0.15) is 0 Å². The Morgan fingerprint density at radius 1 is 0.969 bits per heavy atom. The summed E-state index contributed by atoms with van der Waals surface area (Å²) in [7, 11) is 0. The molecule has 0 radical (unpaired) electrons. The highest BCUT2D eigenvalue weighted by Gasteiger charge is 2.37. The Bertz CT molecular complexity index is 919. The molecule has 1 aromatic rings. The molecule has 1 aromatic carbocycles. The minimum absolute atomic E-state index is 0.212. The van der Waals surface area contributed by atoms with Crippen LogP contribution in [0.4, 0.5) is 4.79 Å². The minimum atomic E-state index is -0.675. The van der Waals surface area contributed by atoms with E-state index < -0.39 is 17.6 Å². The molecular weight excluding hydrogens is 416 g/mol. The minimum Gasteiger partial charge on any atom is -0.444 e. The van der Waals surface area contributed by atoms with E-state index in [2.05, 4.69) is 16.0 Å². The SMILES string of the molecule is CC(C)N1C(=O)c2ccc(C(=O)NCCCNC(=O)CNC(=O)OC(C)(C)C)cc2C1=O. The van der Waals surface area contributed by atoms with Crippen molar-refractivity contribution in [2.24, 2.45) is 0 Å². The third-order valence-electron chi connectivity index (χ3n) is 4.45. The molecule has 32 heavy (non-hydrogen) atoms. The number of hydrogen-bond acceptors (Lipinski definition) is 6. The van der Waals surface area contributed by atoms with Gasteiger partial charge in [0, 0.05) is 24.7 Å². The summed E-state index contributed by atoms with van der Waals surface area (Å²) in [4.78, 5) is 61.5. The Balaban J connectivity index is 1.74. The molecule has 0 bridgehead atoms. The van der Waals surface area contributed by atoms with Crippen LogP contribution in [0, 0.1) is 0 Å². The summed E-state index contributed by atoms with van der Waals surface area (Å²) in [6, 6.07) is 4.16. The first-order valence-corrected chi connectivity index (χ1v) is 10.4. The number of amides is 5. The zero-order valence-corrected chi connectivity index (χ0v) is 19.0. The summed E-state index contributed by atoms with van der Waals surface area (Å²) in [6.07, 6.45) is -0.209. The summed E-state index contributed by atoms with van der Waals surface area (Å²) in [6.45, 7) is 9.06. The molecule has 0 unspecified atom stereocenters. The molecule has 0 saturated carbocycles. The predicted octanol–water partition coefficient (Wildman–Crippen LogP) is 1.45. The molecule has 10 nitrogen and oxygen atoms in total. The van der Waals surface area contributed by atoms with Crippen LogP contribution in [0.25, 0.3) is 0 Å². The van der Waals surface area contributed by atoms with E-state index in [0.29, 0.717) is 25.1 Å². The number of carbonyl (C=O) groups excluding carboxylic acids is 5. The third-order valence-corrected chi connectivity index (χ3v) is 4.45. The van der Waals surface area contributed by atoms with Crippen molar-refractivity contribution in [1.82, 2.24) is 20.9 Å². The molecule has 10 heteroatoms. The third kappa shape index (κ3) is 6.53. The zero-order chi connectivity index (χ0) is 24.1. The smallest absolute Gasteiger partial charge is 0.408 e. The lowest BCUT2D eigenvalue weighted by Gasteiger charge is -2.19. The molecule has 5 amide bonds. The van der Waals surface area contributed by atoms with E-state index in [9.17, 15) is 24.0 Å². The number of ether oxygens (including phenoxy) is 1. The maximum atomic E-state index is 12.4. The second kappa shape index (κ2) is 10.3. The van der Waals surface area contributed by atoms with Gasteiger partial charge in [-0.15, -0.1) is 0 Å². The van der Waals surface area contributed by atoms with Crippen molar-refractivity contribution in [2.75, 3.05) is 19.6 Å². The molecule has 1 aliphatic rings. The Labute approximate surface area is 187 Å². The van der Waals surface area contributed by atoms with Crippen molar-refractivity contribution in [3.05, 3.63) is 34.9 Å². The van der Waals surface area contributed by atoms with Crippen LogP contribution in [-0.2, 0) is 9.53 Å². The highest BCUT2D eigenvalue weighted by atomic mass is 16.6. The van der Waals surface area contributed by atoms with Crippen LogP contribution in [0.5, 0.6) is 0 Å². The van der Waals surface area contributed by atoms with Crippen LogP contribution < -0.4 is 16.0 Å². The summed E-state index contributed by atoms with van der Waals surface area (Å²) in [5, 5.41) is 7.70. The van der Waals surface area contributed by atoms with E-state index in [0.717, 1.165) is 0 Å². The number of alkyl carbamates (subject to hydrolysis) is 1. The molecule has 0 atom stereocenters. The standard InChI is InChI=1S/C22H30N4O6/c1-13(2)26-19(29)15-8-7-14(11-16(15)20(26)30)18(28)24-10-6-9-23-17(27)12-25-21(31)32-22(3,4)5/h7-8,11,13H,6,9-10,12H2,1-5H3,(H,23,27)(H,24,28)(H,25,31). The fraction of sp³-hybridized carbons (Fsp3) is 0.500. The van der Waals surface area contributed by atoms with Crippen LogP contribution in [0.3, 0.4) is 0 Å². The molecule has 3 N–H and O–H groups in total. The van der Waals surface area contributed by atoms with Crippen LogP contribution in [0.15, 0.2) is 18.2 Å². The lowest BCUT2D eigenvalue weighted by Crippen LogP contribution is -2.40. The van der Waals surface area contributed by atoms with Crippen molar-refractivity contribution >= 4 is 29.7 Å². The van der Waals surface area contributed by atoms with Crippen molar-refractivity contribution in [2.45, 2.75) is 52.7 Å². The van der Waals surface area contributed by atoms with E-state index in [1.807, 2.05) is 0 Å². The Kier molecular flexibility index (Phi) is 7.96. The van der Waals surface area contributed by atoms with E-state index in [1.54, 1.807) is 34.6 Å². The molecule has 1 aliphatic heterocycles. The largest absolute Gasteiger partial charge is 0.444 e. The van der Waals surface area contributed by atoms with Gasteiger partial charge in [-0.3, -0.25) is 24.1 Å². The molecular formula is C22H30N4O6. The van der Waals surface area contributed by atoms with E-state index in [4.69, 9.17) is 4.74 Å². The van der Waals surface area contributed by atoms with Gasteiger partial charge in [0.15, 0.2) is 0 Å². The number of rotatable bonds is 8. The van der Waals surface area contributed by atoms with Gasteiger partial charge in [-0.25, -0.2) is 4.79 Å². The highest BCUT2D eigenvalue weighted by Crippen LogP contribution is 2.25. The first kappa shape index (κ1) is 24.8. The number of nitrogens with one attached hydrogen (secondary N) is 3. The molecule has 0 spiro atoms. The van der Waals surface area contributed by atoms with Crippen LogP contribution in [0.2, 0.25) is 0 Å². The molecule has 2 rings (SSSR count). The van der Waals surface area contributed by atoms with Crippen LogP contribution in [0.1, 0.15) is 72.1 Å². The number of fused-ring (bicyclic) bond motifs is 1. The second-order valence-corrected chi connectivity index (χ2v) is 8.65. The topological polar surface area (TPSA) is 134 Å². The number of nitrogens with zero attached hydrogens (tertiary/aromatic N) is 1. The Morgan fingerprint density at radius 3 is 2.22 bits per heavy atom. The van der Waals surface area contributed by atoms with Gasteiger partial charge in [-0.05, 0) is 59.2 Å². The lowest BCUT2D eigenvalue weighted by atomic mass is 10.1. The maximum Gasteiger partial charge on any atom is 0.408 e. The fourth-order valence-electron chi connectivity index (χ4n) is 3.02. The predicted molar refractivity (Wildman–Crippen MR) is 116 cm³/mol. The van der Waals surface area contributed by atoms with Crippen molar-refractivity contribution in [3.8, 4) is 0 Å². The van der Waals surface area contributed by atoms with Crippen molar-refractivity contribution < 1.29 is 28.7 Å². The lowest BCUT2D eigenvalue weighted by molar-refractivity contribution is -0.120. The maximum absolute atomic E-state index is 12.4. The Morgan fingerprint density at radius 2 is 1.59 bits per heavy atom. The monoisotopic (exact) mass is 446 g/mol. The molecule has 1 heterocycles. The Hall–Kier alpha value is -3.43.